The first-order valence-corrected chi connectivity index (χ1v) is 5.95. The summed E-state index contributed by atoms with van der Waals surface area (Å²) in [5, 5.41) is 0.644. The molecule has 0 spiro atoms. The van der Waals surface area contributed by atoms with Crippen LogP contribution in [0, 0.1) is 0 Å². The second-order valence-electron chi connectivity index (χ2n) is 4.50. The zero-order valence-corrected chi connectivity index (χ0v) is 11.1. The largest absolute Gasteiger partial charge is 0.369 e. The Morgan fingerprint density at radius 3 is 2.82 bits per heavy atom. The lowest BCUT2D eigenvalue weighted by molar-refractivity contribution is 0.287. The van der Waals surface area contributed by atoms with E-state index < -0.39 is 0 Å². The molecule has 0 saturated heterocycles. The number of nitrogen functional groups attached to an aromatic ring is 1. The fourth-order valence-electron chi connectivity index (χ4n) is 1.75. The fourth-order valence-corrected chi connectivity index (χ4v) is 1.96. The van der Waals surface area contributed by atoms with Gasteiger partial charge in [-0.25, -0.2) is 4.98 Å². The van der Waals surface area contributed by atoms with Crippen molar-refractivity contribution in [3.63, 3.8) is 0 Å². The van der Waals surface area contributed by atoms with Gasteiger partial charge in [0.15, 0.2) is 0 Å². The van der Waals surface area contributed by atoms with Crippen molar-refractivity contribution >= 4 is 28.6 Å². The van der Waals surface area contributed by atoms with Crippen LogP contribution >= 0.6 is 11.6 Å². The molecule has 1 atom stereocenters. The molecule has 92 valence electrons. The molecule has 1 aromatic carbocycles. The zero-order chi connectivity index (χ0) is 12.6. The quantitative estimate of drug-likeness (QED) is 0.911. The molecule has 0 bridgehead atoms. The highest BCUT2D eigenvalue weighted by Crippen LogP contribution is 2.25. The predicted octanol–water partition coefficient (Wildman–Crippen LogP) is 2.22. The molecule has 0 aliphatic rings. The monoisotopic (exact) mass is 252 g/mol. The van der Waals surface area contributed by atoms with E-state index >= 15 is 0 Å². The normalized spacial score (nSPS) is 13.5. The Balaban J connectivity index is 2.47. The van der Waals surface area contributed by atoms with E-state index in [1.807, 2.05) is 36.9 Å². The maximum absolute atomic E-state index is 6.10. The van der Waals surface area contributed by atoms with E-state index in [4.69, 9.17) is 17.3 Å². The highest BCUT2D eigenvalue weighted by molar-refractivity contribution is 6.35. The standard InChI is InChI=1S/C12H17ClN4/c1-8(16(2)3)7-17-10-6-4-5-9(13)11(10)15-12(17)14/h4-6,8H,7H2,1-3H3,(H2,14,15). The molecule has 1 aromatic heterocycles. The molecule has 17 heavy (non-hydrogen) atoms. The van der Waals surface area contributed by atoms with Crippen LogP contribution < -0.4 is 5.73 Å². The van der Waals surface area contributed by atoms with Crippen LogP contribution in [0.2, 0.25) is 5.02 Å². The average Bonchev–Trinajstić information content (AvgIpc) is 2.58. The molecule has 2 N–H and O–H groups in total. The van der Waals surface area contributed by atoms with Crippen molar-refractivity contribution < 1.29 is 0 Å². The number of benzene rings is 1. The Morgan fingerprint density at radius 1 is 1.47 bits per heavy atom. The van der Waals surface area contributed by atoms with Crippen molar-refractivity contribution in [1.82, 2.24) is 14.5 Å². The van der Waals surface area contributed by atoms with Gasteiger partial charge in [-0.05, 0) is 33.2 Å². The molecular weight excluding hydrogens is 236 g/mol. The summed E-state index contributed by atoms with van der Waals surface area (Å²) >= 11 is 6.10. The summed E-state index contributed by atoms with van der Waals surface area (Å²) in [6, 6.07) is 6.12. The third kappa shape index (κ3) is 2.23. The van der Waals surface area contributed by atoms with Gasteiger partial charge in [-0.2, -0.15) is 0 Å². The molecule has 0 aliphatic heterocycles. The molecule has 4 nitrogen and oxygen atoms in total. The Kier molecular flexibility index (Phi) is 3.26. The second-order valence-corrected chi connectivity index (χ2v) is 4.91. The van der Waals surface area contributed by atoms with Crippen molar-refractivity contribution in [2.45, 2.75) is 19.5 Å². The van der Waals surface area contributed by atoms with Gasteiger partial charge in [-0.3, -0.25) is 0 Å². The Morgan fingerprint density at radius 2 is 2.18 bits per heavy atom. The summed E-state index contributed by atoms with van der Waals surface area (Å²) in [4.78, 5) is 6.46. The van der Waals surface area contributed by atoms with Crippen LogP contribution in [0.15, 0.2) is 18.2 Å². The molecular formula is C12H17ClN4. The van der Waals surface area contributed by atoms with Crippen molar-refractivity contribution in [2.75, 3.05) is 19.8 Å². The minimum absolute atomic E-state index is 0.383. The SMILES string of the molecule is CC(Cn1c(N)nc2c(Cl)cccc21)N(C)C. The minimum atomic E-state index is 0.383. The molecule has 1 unspecified atom stereocenters. The molecule has 0 fully saturated rings. The predicted molar refractivity (Wildman–Crippen MR) is 72.3 cm³/mol. The fraction of sp³-hybridized carbons (Fsp3) is 0.417. The summed E-state index contributed by atoms with van der Waals surface area (Å²) in [6.45, 7) is 2.95. The van der Waals surface area contributed by atoms with Crippen molar-refractivity contribution in [2.24, 2.45) is 0 Å². The summed E-state index contributed by atoms with van der Waals surface area (Å²) < 4.78 is 2.01. The summed E-state index contributed by atoms with van der Waals surface area (Å²) in [7, 11) is 4.10. The van der Waals surface area contributed by atoms with E-state index in [2.05, 4.69) is 16.8 Å². The van der Waals surface area contributed by atoms with Crippen molar-refractivity contribution in [3.8, 4) is 0 Å². The van der Waals surface area contributed by atoms with Gasteiger partial charge in [-0.15, -0.1) is 0 Å². The zero-order valence-electron chi connectivity index (χ0n) is 10.3. The molecule has 2 aromatic rings. The van der Waals surface area contributed by atoms with Crippen LogP contribution in [0.1, 0.15) is 6.92 Å². The van der Waals surface area contributed by atoms with E-state index in [9.17, 15) is 0 Å². The van der Waals surface area contributed by atoms with E-state index in [1.165, 1.54) is 0 Å². The number of para-hydroxylation sites is 1. The number of halogens is 1. The van der Waals surface area contributed by atoms with Gasteiger partial charge in [0, 0.05) is 12.6 Å². The first kappa shape index (κ1) is 12.2. The number of hydrogen-bond acceptors (Lipinski definition) is 3. The van der Waals surface area contributed by atoms with Crippen LogP contribution in [-0.4, -0.2) is 34.6 Å². The molecule has 1 heterocycles. The number of anilines is 1. The third-order valence-corrected chi connectivity index (χ3v) is 3.39. The van der Waals surface area contributed by atoms with Crippen LogP contribution in [0.5, 0.6) is 0 Å². The number of nitrogens with zero attached hydrogens (tertiary/aromatic N) is 3. The van der Waals surface area contributed by atoms with Gasteiger partial charge in [-0.1, -0.05) is 17.7 Å². The number of nitrogens with two attached hydrogens (primary N) is 1. The topological polar surface area (TPSA) is 47.1 Å². The lowest BCUT2D eigenvalue weighted by atomic mass is 10.3. The molecule has 0 radical (unpaired) electrons. The summed E-state index contributed by atoms with van der Waals surface area (Å²) in [5.74, 6) is 0.516. The number of fused-ring (bicyclic) bond motifs is 1. The van der Waals surface area contributed by atoms with E-state index in [0.29, 0.717) is 17.0 Å². The highest BCUT2D eigenvalue weighted by Gasteiger charge is 2.13. The second kappa shape index (κ2) is 4.55. The van der Waals surface area contributed by atoms with Crippen molar-refractivity contribution in [3.05, 3.63) is 23.2 Å². The van der Waals surface area contributed by atoms with Crippen LogP contribution in [0.25, 0.3) is 11.0 Å². The van der Waals surface area contributed by atoms with Crippen molar-refractivity contribution in [1.29, 1.82) is 0 Å². The average molecular weight is 253 g/mol. The lowest BCUT2D eigenvalue weighted by Crippen LogP contribution is -2.29. The Hall–Kier alpha value is -1.26. The van der Waals surface area contributed by atoms with Gasteiger partial charge < -0.3 is 15.2 Å². The van der Waals surface area contributed by atoms with E-state index in [-0.39, 0.29) is 0 Å². The van der Waals surface area contributed by atoms with E-state index in [1.54, 1.807) is 0 Å². The molecule has 0 saturated carbocycles. The highest BCUT2D eigenvalue weighted by atomic mass is 35.5. The molecule has 0 aliphatic carbocycles. The van der Waals surface area contributed by atoms with Crippen LogP contribution in [0.3, 0.4) is 0 Å². The Labute approximate surface area is 106 Å². The van der Waals surface area contributed by atoms with Gasteiger partial charge in [0.1, 0.15) is 5.52 Å². The summed E-state index contributed by atoms with van der Waals surface area (Å²) in [5.41, 5.74) is 7.71. The Bertz CT molecular complexity index is 533. The minimum Gasteiger partial charge on any atom is -0.369 e. The summed E-state index contributed by atoms with van der Waals surface area (Å²) in [6.07, 6.45) is 0. The number of imidazole rings is 1. The number of aromatic nitrogens is 2. The maximum atomic E-state index is 6.10. The lowest BCUT2D eigenvalue weighted by Gasteiger charge is -2.21. The smallest absolute Gasteiger partial charge is 0.201 e. The van der Waals surface area contributed by atoms with Crippen LogP contribution in [-0.2, 0) is 6.54 Å². The van der Waals surface area contributed by atoms with Crippen LogP contribution in [0.4, 0.5) is 5.95 Å². The van der Waals surface area contributed by atoms with Gasteiger partial charge in [0.25, 0.3) is 0 Å². The van der Waals surface area contributed by atoms with Gasteiger partial charge in [0.05, 0.1) is 10.5 Å². The number of hydrogen-bond donors (Lipinski definition) is 1. The van der Waals surface area contributed by atoms with Gasteiger partial charge >= 0.3 is 0 Å². The molecule has 0 amide bonds. The number of rotatable bonds is 3. The van der Waals surface area contributed by atoms with E-state index in [0.717, 1.165) is 17.6 Å². The van der Waals surface area contributed by atoms with Gasteiger partial charge in [0.2, 0.25) is 5.95 Å². The first-order chi connectivity index (χ1) is 8.00. The molecule has 5 heteroatoms. The number of likely N-dealkylation sites (N-methyl/N-ethyl adjacent to an activating group) is 1. The third-order valence-electron chi connectivity index (χ3n) is 3.09. The first-order valence-electron chi connectivity index (χ1n) is 5.57. The molecule has 2 rings (SSSR count). The maximum Gasteiger partial charge on any atom is 0.201 e.